The van der Waals surface area contributed by atoms with Crippen LogP contribution in [0.3, 0.4) is 0 Å². The number of ether oxygens (including phenoxy) is 9. The van der Waals surface area contributed by atoms with Crippen molar-refractivity contribution >= 4 is 56.1 Å². The molecule has 1 aromatic carbocycles. The van der Waals surface area contributed by atoms with E-state index < -0.39 is 97.2 Å². The minimum absolute atomic E-state index is 0.0623. The Morgan fingerprint density at radius 2 is 1.54 bits per heavy atom. The smallest absolute Gasteiger partial charge is 0.330 e. The Hall–Kier alpha value is -4.01. The lowest BCUT2D eigenvalue weighted by molar-refractivity contribution is -0.342. The quantitative estimate of drug-likeness (QED) is 0.0216. The van der Waals surface area contributed by atoms with E-state index in [1.807, 2.05) is 78.0 Å². The molecule has 1 spiro atoms. The van der Waals surface area contributed by atoms with Crippen LogP contribution in [0.1, 0.15) is 153 Å². The second kappa shape index (κ2) is 29.3. The van der Waals surface area contributed by atoms with Gasteiger partial charge < -0.3 is 52.2 Å². The third-order valence-electron chi connectivity index (χ3n) is 16.2. The first kappa shape index (κ1) is 67.5. The highest BCUT2D eigenvalue weighted by Gasteiger charge is 2.58. The van der Waals surface area contributed by atoms with Gasteiger partial charge in [0.25, 0.3) is 0 Å². The number of benzene rings is 1. The summed E-state index contributed by atoms with van der Waals surface area (Å²) in [6, 6.07) is 9.40. The molecule has 0 amide bonds. The number of carbonyl (C=O) groups excluding carboxylic acids is 6. The van der Waals surface area contributed by atoms with Crippen LogP contribution in [0.2, 0.25) is 18.1 Å². The average molecular weight is 1150 g/mol. The van der Waals surface area contributed by atoms with E-state index in [-0.39, 0.29) is 80.3 Å². The van der Waals surface area contributed by atoms with Gasteiger partial charge in [-0.2, -0.15) is 0 Å². The maximum atomic E-state index is 14.7. The Labute approximate surface area is 475 Å². The van der Waals surface area contributed by atoms with Crippen molar-refractivity contribution < 1.29 is 80.9 Å². The summed E-state index contributed by atoms with van der Waals surface area (Å²) in [5, 5.41) is 12.3. The SMILES string of the molecule is CCC(=O)O[C@H]1/C(=C/C(=O)OC)C[C@@H](C[C@@H](OC(=O)C[C@@H](CC(=O)O[C@@H](C[C@@H]2CCOC3(C[C@H](C)CC[C@H]3C(C)C)O2)C(C)(C)COC(=O)CCl)O[Si](C)(C)C(C)(C)C)[C@H](C)OCc2ccccc2)O[C@@]1(O)C(C)(C)/C=C/C=O. The molecule has 1 aromatic rings. The van der Waals surface area contributed by atoms with Crippen molar-refractivity contribution in [3.8, 4) is 0 Å². The van der Waals surface area contributed by atoms with Crippen molar-refractivity contribution in [2.75, 3.05) is 26.2 Å². The molecule has 0 aromatic heterocycles. The van der Waals surface area contributed by atoms with Crippen LogP contribution in [0.15, 0.2) is 54.1 Å². The summed E-state index contributed by atoms with van der Waals surface area (Å²) in [5.74, 6) is -6.11. The molecular weight excluding hydrogens is 1060 g/mol. The maximum absolute atomic E-state index is 14.7. The van der Waals surface area contributed by atoms with Crippen molar-refractivity contribution in [1.29, 1.82) is 0 Å². The molecule has 2 aliphatic heterocycles. The van der Waals surface area contributed by atoms with Crippen molar-refractivity contribution in [3.05, 3.63) is 59.7 Å². The molecule has 446 valence electrons. The molecule has 3 aliphatic rings. The van der Waals surface area contributed by atoms with Crippen LogP contribution >= 0.6 is 11.6 Å². The molecule has 1 unspecified atom stereocenters. The molecule has 2 heterocycles. The number of allylic oxidation sites excluding steroid dienone is 1. The average Bonchev–Trinajstić information content (AvgIpc) is 3.54. The fraction of sp³-hybridized carbons (Fsp3) is 0.733. The van der Waals surface area contributed by atoms with Crippen molar-refractivity contribution in [3.63, 3.8) is 0 Å². The molecule has 11 atom stereocenters. The fourth-order valence-electron chi connectivity index (χ4n) is 10.4. The summed E-state index contributed by atoms with van der Waals surface area (Å²) >= 11 is 5.84. The number of esters is 5. The fourth-order valence-corrected chi connectivity index (χ4v) is 11.8. The number of hydrogen-bond donors (Lipinski definition) is 1. The predicted octanol–water partition coefficient (Wildman–Crippen LogP) is 10.4. The number of halogens is 1. The molecular formula is C60H93ClO17Si. The number of carbonyl (C=O) groups is 6. The van der Waals surface area contributed by atoms with Gasteiger partial charge in [0.2, 0.25) is 5.79 Å². The van der Waals surface area contributed by atoms with Gasteiger partial charge in [-0.25, -0.2) is 4.79 Å². The van der Waals surface area contributed by atoms with Crippen LogP contribution in [0.25, 0.3) is 0 Å². The molecule has 79 heavy (non-hydrogen) atoms. The van der Waals surface area contributed by atoms with E-state index in [9.17, 15) is 33.9 Å². The molecule has 19 heteroatoms. The van der Waals surface area contributed by atoms with E-state index in [4.69, 9.17) is 58.7 Å². The van der Waals surface area contributed by atoms with Crippen LogP contribution in [0.4, 0.5) is 0 Å². The van der Waals surface area contributed by atoms with Crippen molar-refractivity contribution in [2.24, 2.45) is 28.6 Å². The maximum Gasteiger partial charge on any atom is 0.330 e. The zero-order valence-corrected chi connectivity index (χ0v) is 51.5. The molecule has 0 bridgehead atoms. The van der Waals surface area contributed by atoms with Crippen molar-refractivity contribution in [1.82, 2.24) is 0 Å². The summed E-state index contributed by atoms with van der Waals surface area (Å²) in [6.07, 6.45) is 0.248. The van der Waals surface area contributed by atoms with Crippen molar-refractivity contribution in [2.45, 2.75) is 226 Å². The number of rotatable bonds is 27. The third kappa shape index (κ3) is 19.0. The van der Waals surface area contributed by atoms with Crippen LogP contribution in [0.5, 0.6) is 0 Å². The van der Waals surface area contributed by atoms with E-state index in [2.05, 4.69) is 20.8 Å². The lowest BCUT2D eigenvalue weighted by Gasteiger charge is -2.52. The van der Waals surface area contributed by atoms with Crippen LogP contribution in [-0.2, 0) is 82.4 Å². The second-order valence-corrected chi connectivity index (χ2v) is 29.9. The summed E-state index contributed by atoms with van der Waals surface area (Å²) in [4.78, 5) is 79.2. The first-order valence-electron chi connectivity index (χ1n) is 28.1. The number of methoxy groups -OCH3 is 1. The highest BCUT2D eigenvalue weighted by atomic mass is 35.5. The largest absolute Gasteiger partial charge is 0.466 e. The van der Waals surface area contributed by atoms with Crippen LogP contribution in [-0.4, -0.2) is 130 Å². The lowest BCUT2D eigenvalue weighted by atomic mass is 9.72. The van der Waals surface area contributed by atoms with Gasteiger partial charge in [0, 0.05) is 48.5 Å². The Morgan fingerprint density at radius 3 is 2.14 bits per heavy atom. The van der Waals surface area contributed by atoms with E-state index >= 15 is 0 Å². The lowest BCUT2D eigenvalue weighted by Crippen LogP contribution is -2.62. The monoisotopic (exact) mass is 1150 g/mol. The van der Waals surface area contributed by atoms with E-state index in [0.29, 0.717) is 31.1 Å². The van der Waals surface area contributed by atoms with E-state index in [1.54, 1.807) is 27.7 Å². The van der Waals surface area contributed by atoms with Gasteiger partial charge >= 0.3 is 29.8 Å². The first-order valence-corrected chi connectivity index (χ1v) is 31.6. The zero-order chi connectivity index (χ0) is 59.1. The minimum Gasteiger partial charge on any atom is -0.466 e. The topological polar surface area (TPSA) is 215 Å². The van der Waals surface area contributed by atoms with Gasteiger partial charge in [-0.15, -0.1) is 11.6 Å². The Balaban J connectivity index is 1.71. The standard InChI is InChI=1S/C60H93ClO17Si/c1-16-50(63)75-55-43(30-51(64)69-13)29-45(77-60(55,68)58(11,12)26-20-27-62)31-48(41(5)70-37-42-21-18-17-19-22-42)73-52(65)33-46(78-79(14,15)56(6,7)8)34-53(66)74-49(57(9,10)38-71-54(67)36-61)32-44-25-28-72-59(76-44)35-40(4)23-24-47(59)39(2)3/h17-22,26-27,30,39-41,44-49,55,68H,16,23-25,28-29,31-38H2,1-15H3/b26-20+,43-30+/t40-,41+,44+,45+,46+,47+,48-,49+,55+,59?,60-/m1/s1. The zero-order valence-electron chi connectivity index (χ0n) is 49.7. The number of alkyl halides is 1. The normalized spacial score (nSPS) is 26.3. The molecule has 1 aliphatic carbocycles. The van der Waals surface area contributed by atoms with E-state index in [1.165, 1.54) is 19.3 Å². The molecule has 1 N–H and O–H groups in total. The molecule has 17 nitrogen and oxygen atoms in total. The Bertz CT molecular complexity index is 2240. The molecule has 3 fully saturated rings. The summed E-state index contributed by atoms with van der Waals surface area (Å²) in [7, 11) is -1.54. The van der Waals surface area contributed by atoms with E-state index in [0.717, 1.165) is 30.9 Å². The van der Waals surface area contributed by atoms with Gasteiger partial charge in [-0.1, -0.05) is 119 Å². The van der Waals surface area contributed by atoms with Gasteiger partial charge in [0.1, 0.15) is 24.4 Å². The highest BCUT2D eigenvalue weighted by molar-refractivity contribution is 6.74. The van der Waals surface area contributed by atoms with Gasteiger partial charge in [-0.3, -0.25) is 24.0 Å². The Morgan fingerprint density at radius 1 is 0.886 bits per heavy atom. The molecule has 4 rings (SSSR count). The van der Waals surface area contributed by atoms with Gasteiger partial charge in [-0.05, 0) is 73.4 Å². The minimum atomic E-state index is -2.72. The summed E-state index contributed by atoms with van der Waals surface area (Å²) in [6.45, 7) is 27.5. The predicted molar refractivity (Wildman–Crippen MR) is 300 cm³/mol. The first-order chi connectivity index (χ1) is 36.8. The third-order valence-corrected chi connectivity index (χ3v) is 21.0. The van der Waals surface area contributed by atoms with Crippen LogP contribution < -0.4 is 0 Å². The molecule has 1 saturated carbocycles. The summed E-state index contributed by atoms with van der Waals surface area (Å²) in [5.41, 5.74) is -1.34. The Kier molecular flexibility index (Phi) is 25.0. The number of aliphatic hydroxyl groups is 1. The highest BCUT2D eigenvalue weighted by Crippen LogP contribution is 2.49. The molecule has 0 radical (unpaired) electrons. The van der Waals surface area contributed by atoms with Gasteiger partial charge in [0.05, 0.1) is 64.2 Å². The number of hydrogen-bond acceptors (Lipinski definition) is 17. The molecule has 2 saturated heterocycles. The second-order valence-electron chi connectivity index (χ2n) is 24.9. The van der Waals surface area contributed by atoms with Gasteiger partial charge in [0.15, 0.2) is 20.2 Å². The van der Waals surface area contributed by atoms with Crippen LogP contribution in [0, 0.1) is 28.6 Å². The summed E-state index contributed by atoms with van der Waals surface area (Å²) < 4.78 is 62.5. The number of aldehydes is 1.